The second-order valence-electron chi connectivity index (χ2n) is 11.7. The lowest BCUT2D eigenvalue weighted by atomic mass is 10.0. The molecule has 0 saturated carbocycles. The third-order valence-electron chi connectivity index (χ3n) is 7.01. The second-order valence-corrected chi connectivity index (χ2v) is 14.6. The number of thiazole rings is 1. The topological polar surface area (TPSA) is 163 Å². The third kappa shape index (κ3) is 8.20. The number of carbonyl (C=O) groups is 4. The van der Waals surface area contributed by atoms with E-state index >= 15 is 0 Å². The quantitative estimate of drug-likeness (QED) is 0.120. The monoisotopic (exact) mass is 709 g/mol. The number of hydrogen-bond donors (Lipinski definition) is 2. The number of nitrogen functional groups attached to an aromatic ring is 1. The smallest absolute Gasteiger partial charge is 0.356 e. The minimum atomic E-state index is -0.979. The molecule has 0 radical (unpaired) electrons. The molecule has 0 aliphatic carbocycles. The van der Waals surface area contributed by atoms with Crippen molar-refractivity contribution in [3.63, 3.8) is 0 Å². The second kappa shape index (κ2) is 15.3. The molecule has 2 aliphatic rings. The number of β-lactam (4-membered cyclic amide) rings is 1. The van der Waals surface area contributed by atoms with Gasteiger partial charge in [0.25, 0.3) is 11.8 Å². The fourth-order valence-electron chi connectivity index (χ4n) is 5.04. The van der Waals surface area contributed by atoms with Crippen molar-refractivity contribution in [2.45, 2.75) is 43.9 Å². The largest absolute Gasteiger partial charge is 0.457 e. The van der Waals surface area contributed by atoms with Gasteiger partial charge in [0, 0.05) is 16.9 Å². The van der Waals surface area contributed by atoms with Crippen molar-refractivity contribution in [1.29, 1.82) is 0 Å². The lowest BCUT2D eigenvalue weighted by Crippen LogP contribution is -2.71. The van der Waals surface area contributed by atoms with Crippen molar-refractivity contribution in [2.75, 3.05) is 30.1 Å². The van der Waals surface area contributed by atoms with Gasteiger partial charge >= 0.3 is 11.9 Å². The Kier molecular flexibility index (Phi) is 11.1. The third-order valence-corrected chi connectivity index (χ3v) is 9.66. The average Bonchev–Trinajstić information content (AvgIpc) is 3.49. The van der Waals surface area contributed by atoms with Gasteiger partial charge in [0.2, 0.25) is 6.61 Å². The van der Waals surface area contributed by atoms with E-state index in [1.165, 1.54) is 33.8 Å². The fourth-order valence-corrected chi connectivity index (χ4v) is 7.65. The fraction of sp³-hybridized carbons (Fsp3) is 0.333. The van der Waals surface area contributed by atoms with E-state index in [1.54, 1.807) is 20.8 Å². The van der Waals surface area contributed by atoms with Gasteiger partial charge in [0.15, 0.2) is 16.9 Å². The van der Waals surface area contributed by atoms with Crippen LogP contribution < -0.4 is 11.1 Å². The maximum atomic E-state index is 14.0. The molecule has 1 unspecified atom stereocenters. The summed E-state index contributed by atoms with van der Waals surface area (Å²) in [6, 6.07) is 17.8. The van der Waals surface area contributed by atoms with Gasteiger partial charge in [0.05, 0.1) is 0 Å². The first-order valence-corrected chi connectivity index (χ1v) is 18.2. The molecule has 48 heavy (non-hydrogen) atoms. The Hall–Kier alpha value is -4.34. The highest BCUT2D eigenvalue weighted by Crippen LogP contribution is 2.42. The van der Waals surface area contributed by atoms with Crippen molar-refractivity contribution in [3.05, 3.63) is 94.1 Å². The number of thioether (sulfide) groups is 2. The predicted octanol–water partition coefficient (Wildman–Crippen LogP) is 4.14. The summed E-state index contributed by atoms with van der Waals surface area (Å²) in [5, 5.41) is 7.69. The number of esters is 2. The standard InChI is InChI=1S/C33H35N5O7S3/c1-33(2,3)45-23(39)15-43-37-24(22-18-48-32(34)35-22)28(40)36-25-29(41)38-26(21(16-46-4)17-47-30(25)38)31(42)44-27(19-11-7-5-8-12-19)20-13-9-6-10-14-20/h5-14,18,25,27,30H,15-17H2,1-4H3,(H2,34,35)(H,36,40)/t25?,30-/m0/s1. The number of ether oxygens (including phenoxy) is 2. The zero-order valence-electron chi connectivity index (χ0n) is 26.7. The van der Waals surface area contributed by atoms with E-state index < -0.39 is 53.5 Å². The van der Waals surface area contributed by atoms with Crippen molar-refractivity contribution in [3.8, 4) is 0 Å². The van der Waals surface area contributed by atoms with Gasteiger partial charge in [0.1, 0.15) is 28.4 Å². The Morgan fingerprint density at radius 1 is 1.10 bits per heavy atom. The number of rotatable bonds is 12. The number of oxime groups is 1. The van der Waals surface area contributed by atoms with Crippen molar-refractivity contribution >= 4 is 69.5 Å². The van der Waals surface area contributed by atoms with Crippen molar-refractivity contribution in [2.24, 2.45) is 5.16 Å². The number of carbonyl (C=O) groups excluding carboxylic acids is 4. The Morgan fingerprint density at radius 3 is 2.31 bits per heavy atom. The summed E-state index contributed by atoms with van der Waals surface area (Å²) in [6.07, 6.45) is 1.22. The van der Waals surface area contributed by atoms with Crippen LogP contribution in [0.5, 0.6) is 0 Å². The van der Waals surface area contributed by atoms with E-state index in [0.29, 0.717) is 11.5 Å². The molecule has 3 aromatic rings. The maximum Gasteiger partial charge on any atom is 0.356 e. The highest BCUT2D eigenvalue weighted by molar-refractivity contribution is 8.00. The van der Waals surface area contributed by atoms with E-state index in [2.05, 4.69) is 15.5 Å². The predicted molar refractivity (Wildman–Crippen MR) is 186 cm³/mol. The SMILES string of the molecule is CSCC1=C(C(=O)OC(c2ccccc2)c2ccccc2)N2C(=O)C(NC(=O)C(=NOCC(=O)OC(C)(C)C)c3csc(N)n3)[C@@H]2SC1. The average molecular weight is 710 g/mol. The highest BCUT2D eigenvalue weighted by atomic mass is 32.2. The zero-order chi connectivity index (χ0) is 34.4. The van der Waals surface area contributed by atoms with Gasteiger partial charge < -0.3 is 25.4 Å². The molecule has 2 aliphatic heterocycles. The number of benzene rings is 2. The van der Waals surface area contributed by atoms with Crippen LogP contribution in [0.4, 0.5) is 5.13 Å². The van der Waals surface area contributed by atoms with Crippen LogP contribution in [-0.2, 0) is 33.5 Å². The molecule has 3 N–H and O–H groups in total. The zero-order valence-corrected chi connectivity index (χ0v) is 29.2. The molecule has 1 saturated heterocycles. The molecule has 5 rings (SSSR count). The molecule has 2 amide bonds. The van der Waals surface area contributed by atoms with Crippen molar-refractivity contribution < 1.29 is 33.5 Å². The van der Waals surface area contributed by atoms with E-state index in [0.717, 1.165) is 28.0 Å². The van der Waals surface area contributed by atoms with Gasteiger partial charge in [-0.3, -0.25) is 14.5 Å². The van der Waals surface area contributed by atoms with Crippen LogP contribution in [0, 0.1) is 0 Å². The lowest BCUT2D eigenvalue weighted by molar-refractivity contribution is -0.160. The van der Waals surface area contributed by atoms with Crippen LogP contribution in [0.25, 0.3) is 0 Å². The summed E-state index contributed by atoms with van der Waals surface area (Å²) in [7, 11) is 0. The van der Waals surface area contributed by atoms with Crippen LogP contribution in [0.3, 0.4) is 0 Å². The molecular formula is C33H35N5O7S3. The summed E-state index contributed by atoms with van der Waals surface area (Å²) in [5.41, 5.74) is 7.42. The normalized spacial score (nSPS) is 17.8. The molecule has 2 atom stereocenters. The Labute approximate surface area is 290 Å². The maximum absolute atomic E-state index is 14.0. The van der Waals surface area contributed by atoms with Gasteiger partial charge in [-0.2, -0.15) is 11.8 Å². The first-order valence-electron chi connectivity index (χ1n) is 14.9. The molecule has 0 bridgehead atoms. The number of amides is 2. The minimum absolute atomic E-state index is 0.110. The van der Waals surface area contributed by atoms with Gasteiger partial charge in [-0.05, 0) is 43.7 Å². The van der Waals surface area contributed by atoms with Gasteiger partial charge in [-0.1, -0.05) is 65.8 Å². The summed E-state index contributed by atoms with van der Waals surface area (Å²) < 4.78 is 11.4. The molecule has 2 aromatic carbocycles. The van der Waals surface area contributed by atoms with Crippen LogP contribution in [0.2, 0.25) is 0 Å². The van der Waals surface area contributed by atoms with Gasteiger partial charge in [-0.15, -0.1) is 23.1 Å². The molecule has 0 spiro atoms. The molecule has 1 aromatic heterocycles. The van der Waals surface area contributed by atoms with Gasteiger partial charge in [-0.25, -0.2) is 14.6 Å². The highest BCUT2D eigenvalue weighted by Gasteiger charge is 2.55. The summed E-state index contributed by atoms with van der Waals surface area (Å²) in [4.78, 5) is 64.0. The first kappa shape index (κ1) is 35.0. The number of nitrogens with one attached hydrogen (secondary N) is 1. The Bertz CT molecular complexity index is 1680. The van der Waals surface area contributed by atoms with E-state index in [-0.39, 0.29) is 22.2 Å². The van der Waals surface area contributed by atoms with E-state index in [4.69, 9.17) is 20.0 Å². The van der Waals surface area contributed by atoms with E-state index in [9.17, 15) is 19.2 Å². The number of aromatic nitrogens is 1. The van der Waals surface area contributed by atoms with Crippen LogP contribution in [-0.4, -0.2) is 80.7 Å². The lowest BCUT2D eigenvalue weighted by Gasteiger charge is -2.49. The molecule has 252 valence electrons. The number of nitrogens with two attached hydrogens (primary N) is 1. The molecule has 15 heteroatoms. The van der Waals surface area contributed by atoms with Crippen LogP contribution in [0.15, 0.2) is 82.5 Å². The minimum Gasteiger partial charge on any atom is -0.457 e. The molecule has 3 heterocycles. The number of fused-ring (bicyclic) bond motifs is 1. The molecule has 12 nitrogen and oxygen atoms in total. The van der Waals surface area contributed by atoms with Crippen molar-refractivity contribution in [1.82, 2.24) is 15.2 Å². The van der Waals surface area contributed by atoms with Crippen LogP contribution in [0.1, 0.15) is 43.7 Å². The summed E-state index contributed by atoms with van der Waals surface area (Å²) in [6.45, 7) is 4.58. The molecular weight excluding hydrogens is 675 g/mol. The number of nitrogens with zero attached hydrogens (tertiary/aromatic N) is 3. The first-order chi connectivity index (χ1) is 23.0. The number of anilines is 1. The van der Waals surface area contributed by atoms with Crippen LogP contribution >= 0.6 is 34.9 Å². The summed E-state index contributed by atoms with van der Waals surface area (Å²) >= 11 is 4.05. The Morgan fingerprint density at radius 2 is 1.75 bits per heavy atom. The molecule has 1 fully saturated rings. The van der Waals surface area contributed by atoms with E-state index in [1.807, 2.05) is 66.9 Å². The Balaban J connectivity index is 1.35. The number of hydrogen-bond acceptors (Lipinski definition) is 13. The summed E-state index contributed by atoms with van der Waals surface area (Å²) in [5.74, 6) is -1.58.